The minimum atomic E-state index is 0.889. The first-order valence-corrected chi connectivity index (χ1v) is 8.79. The highest BCUT2D eigenvalue weighted by Gasteiger charge is 2.06. The van der Waals surface area contributed by atoms with Crippen molar-refractivity contribution in [1.29, 1.82) is 0 Å². The van der Waals surface area contributed by atoms with E-state index in [1.807, 2.05) is 29.9 Å². The Morgan fingerprint density at radius 2 is 1.83 bits per heavy atom. The van der Waals surface area contributed by atoms with Crippen molar-refractivity contribution in [2.24, 2.45) is 4.99 Å². The van der Waals surface area contributed by atoms with Crippen LogP contribution < -0.4 is 10.6 Å². The molecule has 0 aliphatic carbocycles. The molecule has 2 aromatic rings. The third-order valence-corrected chi connectivity index (χ3v) is 3.98. The van der Waals surface area contributed by atoms with Gasteiger partial charge in [0.25, 0.3) is 0 Å². The summed E-state index contributed by atoms with van der Waals surface area (Å²) in [6.07, 6.45) is 6.56. The lowest BCUT2D eigenvalue weighted by atomic mass is 10.1. The van der Waals surface area contributed by atoms with Gasteiger partial charge in [-0.1, -0.05) is 31.5 Å². The molecule has 0 aliphatic heterocycles. The molecule has 5 nitrogen and oxygen atoms in total. The second-order valence-corrected chi connectivity index (χ2v) is 5.90. The van der Waals surface area contributed by atoms with Gasteiger partial charge in [-0.15, -0.1) is 0 Å². The minimum Gasteiger partial charge on any atom is -0.356 e. The van der Waals surface area contributed by atoms with Gasteiger partial charge in [0.2, 0.25) is 0 Å². The second-order valence-electron chi connectivity index (χ2n) is 5.90. The van der Waals surface area contributed by atoms with Crippen LogP contribution in [0, 0.1) is 6.92 Å². The van der Waals surface area contributed by atoms with Crippen molar-refractivity contribution < 1.29 is 0 Å². The molecule has 0 spiro atoms. The van der Waals surface area contributed by atoms with E-state index in [1.54, 1.807) is 0 Å². The fourth-order valence-electron chi connectivity index (χ4n) is 2.54. The molecule has 0 aliphatic rings. The van der Waals surface area contributed by atoms with Gasteiger partial charge in [-0.2, -0.15) is 5.10 Å². The lowest BCUT2D eigenvalue weighted by Crippen LogP contribution is -2.38. The summed E-state index contributed by atoms with van der Waals surface area (Å²) >= 11 is 0. The molecule has 0 amide bonds. The maximum atomic E-state index is 4.62. The number of hydrogen-bond donors (Lipinski definition) is 2. The van der Waals surface area contributed by atoms with E-state index in [2.05, 4.69) is 52.9 Å². The standard InChI is InChI=1S/C19H29N5/c1-4-5-13-21-19(20-3)22-14-9-10-17-15-24(23-16(17)2)18-11-7-6-8-12-18/h6-8,11-12,15H,4-5,9-10,13-14H2,1-3H3,(H2,20,21,22). The van der Waals surface area contributed by atoms with E-state index in [0.29, 0.717) is 0 Å². The summed E-state index contributed by atoms with van der Waals surface area (Å²) < 4.78 is 1.96. The Hall–Kier alpha value is -2.30. The number of guanidine groups is 1. The van der Waals surface area contributed by atoms with Crippen molar-refractivity contribution >= 4 is 5.96 Å². The van der Waals surface area contributed by atoms with E-state index >= 15 is 0 Å². The molecule has 2 N–H and O–H groups in total. The highest BCUT2D eigenvalue weighted by Crippen LogP contribution is 2.13. The van der Waals surface area contributed by atoms with Gasteiger partial charge < -0.3 is 10.6 Å². The van der Waals surface area contributed by atoms with Crippen LogP contribution in [-0.4, -0.2) is 35.9 Å². The Morgan fingerprint density at radius 1 is 1.12 bits per heavy atom. The zero-order chi connectivity index (χ0) is 17.2. The van der Waals surface area contributed by atoms with Crippen molar-refractivity contribution in [1.82, 2.24) is 20.4 Å². The van der Waals surface area contributed by atoms with Crippen molar-refractivity contribution in [2.45, 2.75) is 39.5 Å². The third kappa shape index (κ3) is 5.41. The largest absolute Gasteiger partial charge is 0.356 e. The van der Waals surface area contributed by atoms with Gasteiger partial charge in [0.1, 0.15) is 0 Å². The summed E-state index contributed by atoms with van der Waals surface area (Å²) in [6, 6.07) is 10.2. The Bertz CT molecular complexity index is 630. The number of unbranched alkanes of at least 4 members (excludes halogenated alkanes) is 1. The molecule has 130 valence electrons. The summed E-state index contributed by atoms with van der Waals surface area (Å²) in [4.78, 5) is 4.24. The number of aromatic nitrogens is 2. The van der Waals surface area contributed by atoms with Crippen LogP contribution in [0.4, 0.5) is 0 Å². The minimum absolute atomic E-state index is 0.889. The van der Waals surface area contributed by atoms with Crippen molar-refractivity contribution in [2.75, 3.05) is 20.1 Å². The Labute approximate surface area is 145 Å². The Balaban J connectivity index is 1.79. The zero-order valence-corrected chi connectivity index (χ0v) is 15.0. The normalized spacial score (nSPS) is 11.5. The number of para-hydroxylation sites is 1. The van der Waals surface area contributed by atoms with Crippen molar-refractivity contribution in [3.8, 4) is 5.69 Å². The molecule has 1 aromatic carbocycles. The molecular weight excluding hydrogens is 298 g/mol. The lowest BCUT2D eigenvalue weighted by molar-refractivity contribution is 0.710. The fraction of sp³-hybridized carbons (Fsp3) is 0.474. The molecule has 1 aromatic heterocycles. The van der Waals surface area contributed by atoms with Crippen LogP contribution in [-0.2, 0) is 6.42 Å². The summed E-state index contributed by atoms with van der Waals surface area (Å²) in [7, 11) is 1.81. The van der Waals surface area contributed by atoms with E-state index in [-0.39, 0.29) is 0 Å². The lowest BCUT2D eigenvalue weighted by Gasteiger charge is -2.11. The number of nitrogens with zero attached hydrogens (tertiary/aromatic N) is 3. The van der Waals surface area contributed by atoms with Gasteiger partial charge in [-0.25, -0.2) is 4.68 Å². The SMILES string of the molecule is CCCCNC(=NC)NCCCc1cn(-c2ccccc2)nc1C. The molecule has 0 fully saturated rings. The summed E-state index contributed by atoms with van der Waals surface area (Å²) in [6.45, 7) is 6.14. The summed E-state index contributed by atoms with van der Waals surface area (Å²) in [5.74, 6) is 0.889. The second kappa shape index (κ2) is 9.75. The van der Waals surface area contributed by atoms with Crippen LogP contribution in [0.5, 0.6) is 0 Å². The molecule has 0 unspecified atom stereocenters. The number of rotatable bonds is 8. The van der Waals surface area contributed by atoms with Crippen LogP contribution >= 0.6 is 0 Å². The highest BCUT2D eigenvalue weighted by molar-refractivity contribution is 5.79. The van der Waals surface area contributed by atoms with Crippen LogP contribution in [0.2, 0.25) is 0 Å². The first-order chi connectivity index (χ1) is 11.7. The fourth-order valence-corrected chi connectivity index (χ4v) is 2.54. The molecule has 2 rings (SSSR count). The predicted molar refractivity (Wildman–Crippen MR) is 101 cm³/mol. The van der Waals surface area contributed by atoms with E-state index in [1.165, 1.54) is 18.4 Å². The number of nitrogens with one attached hydrogen (secondary N) is 2. The summed E-state index contributed by atoms with van der Waals surface area (Å²) in [5.41, 5.74) is 3.50. The van der Waals surface area contributed by atoms with E-state index in [9.17, 15) is 0 Å². The number of hydrogen-bond acceptors (Lipinski definition) is 2. The number of benzene rings is 1. The van der Waals surface area contributed by atoms with Gasteiger partial charge in [-0.05, 0) is 43.9 Å². The molecule has 0 atom stereocenters. The maximum absolute atomic E-state index is 4.62. The summed E-state index contributed by atoms with van der Waals surface area (Å²) in [5, 5.41) is 11.3. The van der Waals surface area contributed by atoms with E-state index < -0.39 is 0 Å². The smallest absolute Gasteiger partial charge is 0.190 e. The number of aryl methyl sites for hydroxylation is 2. The number of aliphatic imine (C=N–C) groups is 1. The third-order valence-electron chi connectivity index (χ3n) is 3.98. The molecular formula is C19H29N5. The van der Waals surface area contributed by atoms with Gasteiger partial charge >= 0.3 is 0 Å². The van der Waals surface area contributed by atoms with Gasteiger partial charge in [0.05, 0.1) is 11.4 Å². The molecule has 0 saturated heterocycles. The Morgan fingerprint density at radius 3 is 2.50 bits per heavy atom. The van der Waals surface area contributed by atoms with Crippen molar-refractivity contribution in [3.63, 3.8) is 0 Å². The first-order valence-electron chi connectivity index (χ1n) is 8.79. The molecule has 24 heavy (non-hydrogen) atoms. The van der Waals surface area contributed by atoms with Crippen LogP contribution in [0.15, 0.2) is 41.5 Å². The molecule has 1 heterocycles. The molecule has 0 radical (unpaired) electrons. The molecule has 5 heteroatoms. The van der Waals surface area contributed by atoms with Crippen molar-refractivity contribution in [3.05, 3.63) is 47.8 Å². The first kappa shape index (κ1) is 18.0. The van der Waals surface area contributed by atoms with Crippen LogP contribution in [0.1, 0.15) is 37.4 Å². The monoisotopic (exact) mass is 327 g/mol. The van der Waals surface area contributed by atoms with Gasteiger partial charge in [0.15, 0.2) is 5.96 Å². The van der Waals surface area contributed by atoms with E-state index in [0.717, 1.165) is 43.3 Å². The maximum Gasteiger partial charge on any atom is 0.190 e. The molecule has 0 bridgehead atoms. The van der Waals surface area contributed by atoms with Crippen LogP contribution in [0.25, 0.3) is 5.69 Å². The van der Waals surface area contributed by atoms with Gasteiger partial charge in [-0.3, -0.25) is 4.99 Å². The topological polar surface area (TPSA) is 54.2 Å². The average molecular weight is 327 g/mol. The Kier molecular flexibility index (Phi) is 7.33. The molecule has 0 saturated carbocycles. The zero-order valence-electron chi connectivity index (χ0n) is 15.0. The van der Waals surface area contributed by atoms with E-state index in [4.69, 9.17) is 0 Å². The van der Waals surface area contributed by atoms with Crippen LogP contribution in [0.3, 0.4) is 0 Å². The van der Waals surface area contributed by atoms with Gasteiger partial charge in [0, 0.05) is 26.3 Å². The quantitative estimate of drug-likeness (QED) is 0.445. The predicted octanol–water partition coefficient (Wildman–Crippen LogP) is 3.08. The average Bonchev–Trinajstić information content (AvgIpc) is 2.99. The highest BCUT2D eigenvalue weighted by atomic mass is 15.3.